The smallest absolute Gasteiger partial charge is 0.263 e. The Balaban J connectivity index is 2.12. The Morgan fingerprint density at radius 3 is 2.33 bits per heavy atom. The Morgan fingerprint density at radius 1 is 1.00 bits per heavy atom. The molecule has 0 fully saturated rings. The van der Waals surface area contributed by atoms with Crippen molar-refractivity contribution in [3.05, 3.63) is 84.0 Å². The zero-order valence-corrected chi connectivity index (χ0v) is 14.7. The highest BCUT2D eigenvalue weighted by Gasteiger charge is 2.31. The van der Waals surface area contributed by atoms with E-state index in [-0.39, 0.29) is 6.04 Å². The summed E-state index contributed by atoms with van der Waals surface area (Å²) in [6.45, 7) is 3.89. The molecule has 0 aliphatic carbocycles. The SMILES string of the molecule is Cc1ccc(S(=O)(=O)N2C(c3ccccc3)=CC=CC[C@H]2C)cc1. The van der Waals surface area contributed by atoms with Gasteiger partial charge in [-0.25, -0.2) is 8.42 Å². The number of hydrogen-bond donors (Lipinski definition) is 0. The molecule has 0 radical (unpaired) electrons. The van der Waals surface area contributed by atoms with Crippen LogP contribution in [0.4, 0.5) is 0 Å². The predicted octanol–water partition coefficient (Wildman–Crippen LogP) is 4.38. The highest BCUT2D eigenvalue weighted by atomic mass is 32.2. The van der Waals surface area contributed by atoms with E-state index in [0.29, 0.717) is 17.0 Å². The second kappa shape index (κ2) is 6.65. The Labute approximate surface area is 144 Å². The minimum absolute atomic E-state index is 0.151. The van der Waals surface area contributed by atoms with E-state index < -0.39 is 10.0 Å². The van der Waals surface area contributed by atoms with E-state index in [0.717, 1.165) is 11.1 Å². The average molecular weight is 339 g/mol. The maximum Gasteiger partial charge on any atom is 0.264 e. The summed E-state index contributed by atoms with van der Waals surface area (Å²) in [4.78, 5) is 0.323. The van der Waals surface area contributed by atoms with Crippen LogP contribution in [-0.4, -0.2) is 18.8 Å². The summed E-state index contributed by atoms with van der Waals surface area (Å²) in [5, 5.41) is 0. The quantitative estimate of drug-likeness (QED) is 0.832. The van der Waals surface area contributed by atoms with Gasteiger partial charge in [-0.1, -0.05) is 60.2 Å². The summed E-state index contributed by atoms with van der Waals surface area (Å²) in [5.74, 6) is 0. The normalized spacial score (nSPS) is 18.2. The Morgan fingerprint density at radius 2 is 1.67 bits per heavy atom. The third kappa shape index (κ3) is 3.15. The van der Waals surface area contributed by atoms with Crippen molar-refractivity contribution in [2.75, 3.05) is 0 Å². The third-order valence-corrected chi connectivity index (χ3v) is 6.09. The molecule has 0 bridgehead atoms. The molecular formula is C20H21NO2S. The number of benzene rings is 2. The lowest BCUT2D eigenvalue weighted by molar-refractivity contribution is 0.438. The van der Waals surface area contributed by atoms with Crippen LogP contribution in [0.1, 0.15) is 24.5 Å². The van der Waals surface area contributed by atoms with Crippen molar-refractivity contribution in [2.45, 2.75) is 31.2 Å². The van der Waals surface area contributed by atoms with Gasteiger partial charge in [0.2, 0.25) is 0 Å². The first-order valence-electron chi connectivity index (χ1n) is 8.03. The predicted molar refractivity (Wildman–Crippen MR) is 97.8 cm³/mol. The van der Waals surface area contributed by atoms with Gasteiger partial charge >= 0.3 is 0 Å². The van der Waals surface area contributed by atoms with Crippen molar-refractivity contribution in [3.8, 4) is 0 Å². The molecule has 0 amide bonds. The lowest BCUT2D eigenvalue weighted by atomic mass is 10.1. The number of rotatable bonds is 3. The number of sulfonamides is 1. The molecule has 0 aromatic heterocycles. The van der Waals surface area contributed by atoms with Gasteiger partial charge in [0.1, 0.15) is 0 Å². The zero-order chi connectivity index (χ0) is 17.2. The molecule has 3 rings (SSSR count). The molecule has 1 aliphatic rings. The standard InChI is InChI=1S/C20H21NO2S/c1-16-12-14-19(15-13-16)24(22,23)21-17(2)8-6-7-11-20(21)18-9-4-3-5-10-18/h3-7,9-15,17H,8H2,1-2H3/t17-/m1/s1. The first-order chi connectivity index (χ1) is 11.5. The molecule has 1 aliphatic heterocycles. The molecule has 2 aromatic carbocycles. The fourth-order valence-corrected chi connectivity index (χ4v) is 4.56. The summed E-state index contributed by atoms with van der Waals surface area (Å²) in [6.07, 6.45) is 6.50. The lowest BCUT2D eigenvalue weighted by Crippen LogP contribution is -2.36. The monoisotopic (exact) mass is 339 g/mol. The fraction of sp³-hybridized carbons (Fsp3) is 0.200. The molecule has 0 unspecified atom stereocenters. The van der Waals surface area contributed by atoms with E-state index >= 15 is 0 Å². The molecule has 0 saturated heterocycles. The van der Waals surface area contributed by atoms with Crippen LogP contribution in [0.15, 0.2) is 77.7 Å². The van der Waals surface area contributed by atoms with Gasteiger partial charge in [0.25, 0.3) is 10.0 Å². The van der Waals surface area contributed by atoms with Gasteiger partial charge in [-0.3, -0.25) is 4.31 Å². The number of aryl methyl sites for hydroxylation is 1. The number of allylic oxidation sites excluding steroid dienone is 2. The Kier molecular flexibility index (Phi) is 4.58. The highest BCUT2D eigenvalue weighted by Crippen LogP contribution is 2.32. The number of hydrogen-bond acceptors (Lipinski definition) is 2. The van der Waals surface area contributed by atoms with Gasteiger partial charge in [0.05, 0.1) is 10.6 Å². The fourth-order valence-electron chi connectivity index (χ4n) is 2.86. The van der Waals surface area contributed by atoms with Gasteiger partial charge in [0.15, 0.2) is 0 Å². The second-order valence-corrected chi connectivity index (χ2v) is 7.86. The van der Waals surface area contributed by atoms with Crippen LogP contribution >= 0.6 is 0 Å². The molecule has 0 spiro atoms. The highest BCUT2D eigenvalue weighted by molar-refractivity contribution is 7.89. The lowest BCUT2D eigenvalue weighted by Gasteiger charge is -2.31. The maximum absolute atomic E-state index is 13.3. The van der Waals surface area contributed by atoms with Crippen LogP contribution in [0, 0.1) is 6.92 Å². The van der Waals surface area contributed by atoms with Gasteiger partial charge in [-0.15, -0.1) is 0 Å². The first-order valence-corrected chi connectivity index (χ1v) is 9.47. The molecule has 0 N–H and O–H groups in total. The van der Waals surface area contributed by atoms with Crippen molar-refractivity contribution in [3.63, 3.8) is 0 Å². The summed E-state index contributed by atoms with van der Waals surface area (Å²) in [6, 6.07) is 16.5. The van der Waals surface area contributed by atoms with Crippen molar-refractivity contribution < 1.29 is 8.42 Å². The minimum atomic E-state index is -3.62. The average Bonchev–Trinajstić information content (AvgIpc) is 2.78. The number of nitrogens with zero attached hydrogens (tertiary/aromatic N) is 1. The molecule has 1 heterocycles. The van der Waals surface area contributed by atoms with Crippen LogP contribution < -0.4 is 0 Å². The molecule has 124 valence electrons. The Hall–Kier alpha value is -2.33. The molecule has 2 aromatic rings. The molecule has 1 atom stereocenters. The second-order valence-electron chi connectivity index (χ2n) is 6.04. The van der Waals surface area contributed by atoms with E-state index in [4.69, 9.17) is 0 Å². The van der Waals surface area contributed by atoms with E-state index in [9.17, 15) is 8.42 Å². The Bertz CT molecular complexity index is 866. The molecule has 4 heteroatoms. The molecule has 24 heavy (non-hydrogen) atoms. The van der Waals surface area contributed by atoms with Gasteiger partial charge < -0.3 is 0 Å². The largest absolute Gasteiger partial charge is 0.264 e. The van der Waals surface area contributed by atoms with E-state index in [2.05, 4.69) is 0 Å². The van der Waals surface area contributed by atoms with Crippen molar-refractivity contribution in [2.24, 2.45) is 0 Å². The minimum Gasteiger partial charge on any atom is -0.263 e. The van der Waals surface area contributed by atoms with Crippen LogP contribution in [0.5, 0.6) is 0 Å². The molecule has 0 saturated carbocycles. The van der Waals surface area contributed by atoms with Crippen molar-refractivity contribution in [1.82, 2.24) is 4.31 Å². The van der Waals surface area contributed by atoms with Crippen molar-refractivity contribution >= 4 is 15.7 Å². The molecule has 3 nitrogen and oxygen atoms in total. The molecular weight excluding hydrogens is 318 g/mol. The summed E-state index contributed by atoms with van der Waals surface area (Å²) < 4.78 is 28.2. The summed E-state index contributed by atoms with van der Waals surface area (Å²) in [5.41, 5.74) is 2.64. The van der Waals surface area contributed by atoms with Crippen LogP contribution in [0.25, 0.3) is 5.70 Å². The third-order valence-electron chi connectivity index (χ3n) is 4.15. The summed E-state index contributed by atoms with van der Waals surface area (Å²) in [7, 11) is -3.62. The zero-order valence-electron chi connectivity index (χ0n) is 13.9. The van der Waals surface area contributed by atoms with Crippen LogP contribution in [0.3, 0.4) is 0 Å². The topological polar surface area (TPSA) is 37.4 Å². The van der Waals surface area contributed by atoms with Gasteiger partial charge in [-0.2, -0.15) is 0 Å². The first kappa shape index (κ1) is 16.5. The summed E-state index contributed by atoms with van der Waals surface area (Å²) >= 11 is 0. The van der Waals surface area contributed by atoms with Gasteiger partial charge in [0, 0.05) is 6.04 Å². The maximum atomic E-state index is 13.3. The van der Waals surface area contributed by atoms with E-state index in [1.54, 1.807) is 16.4 Å². The van der Waals surface area contributed by atoms with Crippen LogP contribution in [-0.2, 0) is 10.0 Å². The van der Waals surface area contributed by atoms with E-state index in [1.807, 2.05) is 74.5 Å². The van der Waals surface area contributed by atoms with Crippen molar-refractivity contribution in [1.29, 1.82) is 0 Å². The van der Waals surface area contributed by atoms with Gasteiger partial charge in [-0.05, 0) is 44.0 Å². The van der Waals surface area contributed by atoms with E-state index in [1.165, 1.54) is 0 Å². The van der Waals surface area contributed by atoms with Crippen LogP contribution in [0.2, 0.25) is 0 Å².